The molecule has 0 aromatic carbocycles. The highest BCUT2D eigenvalue weighted by Crippen LogP contribution is 2.51. The van der Waals surface area contributed by atoms with E-state index in [1.54, 1.807) is 110 Å². The largest absolute Gasteiger partial charge is 0.495 e. The molecular weight excluding hydrogens is 1670 g/mol. The third kappa shape index (κ3) is 24.1. The Kier molecular flexibility index (Phi) is 32.5. The van der Waals surface area contributed by atoms with Gasteiger partial charge >= 0.3 is 0 Å². The Balaban J connectivity index is 0.000000139. The van der Waals surface area contributed by atoms with E-state index in [4.69, 9.17) is 24.7 Å². The van der Waals surface area contributed by atoms with Gasteiger partial charge in [-0.25, -0.2) is 19.9 Å². The molecule has 0 bridgehead atoms. The van der Waals surface area contributed by atoms with Gasteiger partial charge in [0.15, 0.2) is 0 Å². The summed E-state index contributed by atoms with van der Waals surface area (Å²) < 4.78 is 5.30. The first kappa shape index (κ1) is 90.2. The summed E-state index contributed by atoms with van der Waals surface area (Å²) in [6, 6.07) is 11.6. The molecule has 0 unspecified atom stereocenters. The van der Waals surface area contributed by atoms with Crippen molar-refractivity contribution in [1.29, 1.82) is 0 Å². The van der Waals surface area contributed by atoms with Crippen molar-refractivity contribution >= 4 is 134 Å². The molecular formula is C92H112N16O5S8. The fourth-order valence-corrected chi connectivity index (χ4v) is 24.2. The molecule has 16 rings (SSSR count). The van der Waals surface area contributed by atoms with Crippen LogP contribution in [0.2, 0.25) is 0 Å². The van der Waals surface area contributed by atoms with Crippen molar-refractivity contribution in [1.82, 2.24) is 61.1 Å². The number of fused-ring (bicyclic) bond motifs is 4. The molecule has 0 spiro atoms. The van der Waals surface area contributed by atoms with Crippen LogP contribution in [-0.4, -0.2) is 121 Å². The minimum atomic E-state index is 0.0433. The summed E-state index contributed by atoms with van der Waals surface area (Å²) >= 11 is 13.5. The van der Waals surface area contributed by atoms with E-state index in [1.165, 1.54) is 98.7 Å². The third-order valence-electron chi connectivity index (χ3n) is 21.2. The smallest absolute Gasteiger partial charge is 0.226 e. The molecule has 121 heavy (non-hydrogen) atoms. The van der Waals surface area contributed by atoms with Crippen LogP contribution < -0.4 is 47.3 Å². The Morgan fingerprint density at radius 1 is 0.397 bits per heavy atom. The Morgan fingerprint density at radius 3 is 1.10 bits per heavy atom. The monoisotopic (exact) mass is 1780 g/mol. The summed E-state index contributed by atoms with van der Waals surface area (Å²) in [7, 11) is 1.64. The van der Waals surface area contributed by atoms with Gasteiger partial charge in [-0.15, -0.1) is 90.7 Å². The van der Waals surface area contributed by atoms with E-state index >= 15 is 0 Å². The van der Waals surface area contributed by atoms with Gasteiger partial charge in [-0.1, -0.05) is 55.4 Å². The van der Waals surface area contributed by atoms with E-state index in [0.717, 1.165) is 170 Å². The first-order valence-electron chi connectivity index (χ1n) is 42.4. The van der Waals surface area contributed by atoms with Crippen molar-refractivity contribution in [2.75, 3.05) is 54.6 Å². The topological polar surface area (TPSA) is 277 Å². The summed E-state index contributed by atoms with van der Waals surface area (Å²) in [6.07, 6.45) is 32.8. The van der Waals surface area contributed by atoms with E-state index in [9.17, 15) is 19.2 Å². The Hall–Kier alpha value is -8.56. The van der Waals surface area contributed by atoms with Crippen LogP contribution in [0, 0.1) is 20.8 Å². The molecule has 0 radical (unpaired) electrons. The van der Waals surface area contributed by atoms with Gasteiger partial charge in [0.25, 0.3) is 0 Å². The number of carbonyl (C=O) groups is 4. The zero-order chi connectivity index (χ0) is 85.1. The van der Waals surface area contributed by atoms with Crippen molar-refractivity contribution in [3.05, 3.63) is 154 Å². The molecule has 0 aliphatic heterocycles. The summed E-state index contributed by atoms with van der Waals surface area (Å²) in [5, 5.41) is 42.1. The van der Waals surface area contributed by atoms with Crippen LogP contribution in [0.25, 0.3) is 87.3 Å². The number of pyridine rings is 4. The Labute approximate surface area is 743 Å². The predicted molar refractivity (Wildman–Crippen MR) is 508 cm³/mol. The number of nitrogens with zero attached hydrogens (tertiary/aromatic N) is 8. The molecule has 8 N–H and O–H groups in total. The lowest BCUT2D eigenvalue weighted by molar-refractivity contribution is -0.116. The van der Waals surface area contributed by atoms with Gasteiger partial charge in [-0.2, -0.15) is 0 Å². The maximum Gasteiger partial charge on any atom is 0.226 e. The number of aryl methyl sites for hydroxylation is 7. The number of anilines is 4. The molecule has 29 heteroatoms. The maximum atomic E-state index is 12.6. The highest BCUT2D eigenvalue weighted by molar-refractivity contribution is 7.20. The van der Waals surface area contributed by atoms with Gasteiger partial charge in [0, 0.05) is 204 Å². The summed E-state index contributed by atoms with van der Waals surface area (Å²) in [6.45, 7) is 25.6. The molecule has 4 amide bonds. The first-order valence-corrected chi connectivity index (χ1v) is 49.2. The van der Waals surface area contributed by atoms with Crippen LogP contribution in [0.3, 0.4) is 0 Å². The highest BCUT2D eigenvalue weighted by Gasteiger charge is 2.31. The van der Waals surface area contributed by atoms with Crippen LogP contribution in [0.15, 0.2) is 95.2 Å². The summed E-state index contributed by atoms with van der Waals surface area (Å²) in [5.41, 5.74) is 21.1. The van der Waals surface area contributed by atoms with Crippen molar-refractivity contribution < 1.29 is 23.9 Å². The van der Waals surface area contributed by atoms with E-state index in [2.05, 4.69) is 158 Å². The number of hydrogen-bond donors (Lipinski definition) is 8. The fourth-order valence-electron chi connectivity index (χ4n) is 15.1. The molecule has 0 atom stereocenters. The molecule has 12 heterocycles. The van der Waals surface area contributed by atoms with Crippen LogP contribution in [-0.2, 0) is 70.5 Å². The molecule has 0 saturated carbocycles. The Bertz CT molecular complexity index is 5340. The Morgan fingerprint density at radius 2 is 0.744 bits per heavy atom. The standard InChI is InChI=1S/C23H28N4O2S2.3C23H28N4OS2/c1-14(2)25-9-8-20(28)27-23-21(17-6-4-5-7-19(17)31-23)22-26-18(13-30-22)15-10-16(29-3)12-24-11-15;1-14(2)24-12-10-20(28)27-23-21(17-7-4-5-9-19(17)30-23)22-26-18(13-29-22)16-8-6-11-25-15(16)3;1-14(2)25-11-9-20(28)27-23-21(16-6-4-5-7-19(16)30-23)22-26-18(13-29-22)17-12-24-10-8-15(17)3;1-14(2)25-9-8-20(28)27-23-21(17-6-4-5-7-19(17)30-23)22-26-18(13-29-22)16-10-15(3)11-24-12-16/h10-14,25H,4-9H2,1-3H3,(H,27,28);6,8,11,13-14,24H,4-5,7,9-10,12H2,1-3H3,(H,27,28);8,10,12-14,25H,4-7,9,11H2,1-3H3,(H,27,28);10-14,25H,4-9H2,1-3H3,(H,27,28). The number of nitrogens with one attached hydrogen (secondary N) is 8. The van der Waals surface area contributed by atoms with Crippen LogP contribution in [0.1, 0.15) is 191 Å². The van der Waals surface area contributed by atoms with E-state index in [-0.39, 0.29) is 23.6 Å². The number of rotatable bonds is 29. The van der Waals surface area contributed by atoms with E-state index in [1.807, 2.05) is 63.0 Å². The van der Waals surface area contributed by atoms with Gasteiger partial charge in [-0.05, 0) is 187 Å². The number of thiazole rings is 4. The van der Waals surface area contributed by atoms with Crippen molar-refractivity contribution in [3.63, 3.8) is 0 Å². The zero-order valence-electron chi connectivity index (χ0n) is 71.4. The maximum absolute atomic E-state index is 12.6. The number of thiophene rings is 4. The minimum absolute atomic E-state index is 0.0433. The average Bonchev–Trinajstić information content (AvgIpc) is 1.64. The van der Waals surface area contributed by atoms with Gasteiger partial charge in [0.05, 0.1) is 36.1 Å². The summed E-state index contributed by atoms with van der Waals surface area (Å²) in [5.74, 6) is 0.929. The second-order valence-electron chi connectivity index (χ2n) is 32.1. The van der Waals surface area contributed by atoms with Crippen LogP contribution in [0.4, 0.5) is 20.0 Å². The van der Waals surface area contributed by atoms with Crippen LogP contribution >= 0.6 is 90.7 Å². The van der Waals surface area contributed by atoms with Crippen molar-refractivity contribution in [3.8, 4) is 93.1 Å². The van der Waals surface area contributed by atoms with E-state index < -0.39 is 0 Å². The SMILES string of the molecule is COc1cncc(-c2csc(-c3c(NC(=O)CCNC(C)C)sc4c3CCCC4)n2)c1.Cc1ccncc1-c1csc(-c2c(NC(=O)CCNC(C)C)sc3c2CCCC3)n1.Cc1cncc(-c2csc(-c3c(NC(=O)CCNC(C)C)sc4c3CCCC4)n2)c1.Cc1ncccc1-c1csc(-c2c(NC(=O)CCNC(C)C)sc3c2CCCC3)n1. The molecule has 0 saturated heterocycles. The number of hydrogen-bond acceptors (Lipinski definition) is 25. The number of aromatic nitrogens is 8. The van der Waals surface area contributed by atoms with Crippen molar-refractivity contribution in [2.24, 2.45) is 0 Å². The number of ether oxygens (including phenoxy) is 1. The van der Waals surface area contributed by atoms with Gasteiger partial charge < -0.3 is 47.3 Å². The second-order valence-corrected chi connectivity index (χ2v) is 40.0. The average molecular weight is 1780 g/mol. The van der Waals surface area contributed by atoms with E-state index in [0.29, 0.717) is 81.8 Å². The lowest BCUT2D eigenvalue weighted by atomic mass is 9.95. The molecule has 21 nitrogen and oxygen atoms in total. The highest BCUT2D eigenvalue weighted by atomic mass is 32.1. The third-order valence-corrected chi connectivity index (χ3v) is 29.5. The van der Waals surface area contributed by atoms with Gasteiger partial charge in [0.2, 0.25) is 23.6 Å². The van der Waals surface area contributed by atoms with Gasteiger partial charge in [-0.3, -0.25) is 39.1 Å². The fraction of sp³-hybridized carbons (Fsp3) is 0.435. The zero-order valence-corrected chi connectivity index (χ0v) is 77.9. The number of methoxy groups -OCH3 is 1. The lowest BCUT2D eigenvalue weighted by Gasteiger charge is -2.12. The normalized spacial score (nSPS) is 13.4. The van der Waals surface area contributed by atoms with Crippen LogP contribution in [0.5, 0.6) is 5.75 Å². The predicted octanol–water partition coefficient (Wildman–Crippen LogP) is 21.5. The quantitative estimate of drug-likeness (QED) is 0.0216. The molecule has 12 aromatic heterocycles. The van der Waals surface area contributed by atoms with Gasteiger partial charge in [0.1, 0.15) is 45.8 Å². The first-order chi connectivity index (χ1) is 58.6. The second kappa shape index (κ2) is 43.7. The summed E-state index contributed by atoms with van der Waals surface area (Å²) in [4.78, 5) is 93.0. The minimum Gasteiger partial charge on any atom is -0.495 e. The molecule has 4 aliphatic carbocycles. The number of amides is 4. The lowest BCUT2D eigenvalue weighted by Crippen LogP contribution is -2.27. The molecule has 0 fully saturated rings. The molecule has 4 aliphatic rings. The molecule has 12 aromatic rings. The van der Waals surface area contributed by atoms with Crippen molar-refractivity contribution in [2.45, 2.75) is 229 Å². The molecule has 638 valence electrons. The number of carbonyl (C=O) groups excluding carboxylic acids is 4.